The van der Waals surface area contributed by atoms with Gasteiger partial charge in [-0.1, -0.05) is 72.1 Å². The molecular weight excluding hydrogens is 144 g/mol. The SMILES string of the molecule is [CH2]CCCCC(CC)CCC[CH2]. The number of hydrogen-bond donors (Lipinski definition) is 0. The van der Waals surface area contributed by atoms with E-state index in [2.05, 4.69) is 20.8 Å². The van der Waals surface area contributed by atoms with Crippen LogP contribution in [0.3, 0.4) is 0 Å². The molecule has 0 nitrogen and oxygen atoms in total. The van der Waals surface area contributed by atoms with Crippen molar-refractivity contribution >= 4 is 0 Å². The van der Waals surface area contributed by atoms with Crippen molar-refractivity contribution in [1.29, 1.82) is 0 Å². The van der Waals surface area contributed by atoms with Crippen LogP contribution in [-0.2, 0) is 0 Å². The smallest absolute Gasteiger partial charge is 0.0417 e. The van der Waals surface area contributed by atoms with Crippen molar-refractivity contribution in [3.63, 3.8) is 0 Å². The second-order valence-corrected chi connectivity index (χ2v) is 3.62. The largest absolute Gasteiger partial charge is 0.0651 e. The summed E-state index contributed by atoms with van der Waals surface area (Å²) in [5.41, 5.74) is 0. The maximum atomic E-state index is 3.88. The molecule has 0 aromatic rings. The zero-order valence-corrected chi connectivity index (χ0v) is 8.65. The number of unbranched alkanes of at least 4 members (excludes halogenated alkanes) is 3. The average molecular weight is 168 g/mol. The van der Waals surface area contributed by atoms with Crippen LogP contribution in [0.15, 0.2) is 0 Å². The lowest BCUT2D eigenvalue weighted by molar-refractivity contribution is 0.408. The van der Waals surface area contributed by atoms with Gasteiger partial charge in [-0.05, 0) is 5.92 Å². The van der Waals surface area contributed by atoms with Gasteiger partial charge in [0.2, 0.25) is 0 Å². The van der Waals surface area contributed by atoms with E-state index < -0.39 is 0 Å². The van der Waals surface area contributed by atoms with E-state index in [0.29, 0.717) is 0 Å². The van der Waals surface area contributed by atoms with Crippen LogP contribution < -0.4 is 0 Å². The lowest BCUT2D eigenvalue weighted by atomic mass is 9.93. The molecule has 0 saturated heterocycles. The van der Waals surface area contributed by atoms with Crippen molar-refractivity contribution in [3.05, 3.63) is 13.8 Å². The molecule has 0 amide bonds. The fraction of sp³-hybridized carbons (Fsp3) is 0.833. The molecule has 0 aromatic carbocycles. The molecule has 0 spiro atoms. The molecule has 0 heteroatoms. The molecule has 0 saturated carbocycles. The molecule has 1 atom stereocenters. The predicted octanol–water partition coefficient (Wildman–Crippen LogP) is 4.41. The van der Waals surface area contributed by atoms with E-state index in [9.17, 15) is 0 Å². The molecule has 12 heavy (non-hydrogen) atoms. The third-order valence-corrected chi connectivity index (χ3v) is 2.55. The highest BCUT2D eigenvalue weighted by atomic mass is 14.1. The Labute approximate surface area is 78.8 Å². The van der Waals surface area contributed by atoms with Crippen molar-refractivity contribution in [2.75, 3.05) is 0 Å². The fourth-order valence-corrected chi connectivity index (χ4v) is 1.60. The summed E-state index contributed by atoms with van der Waals surface area (Å²) in [5.74, 6) is 0.957. The van der Waals surface area contributed by atoms with Crippen molar-refractivity contribution in [3.8, 4) is 0 Å². The third kappa shape index (κ3) is 6.69. The maximum absolute atomic E-state index is 3.88. The minimum absolute atomic E-state index is 0.957. The maximum Gasteiger partial charge on any atom is -0.0417 e. The summed E-state index contributed by atoms with van der Waals surface area (Å²) in [6.45, 7) is 10.0. The minimum atomic E-state index is 0.957. The van der Waals surface area contributed by atoms with Crippen LogP contribution in [0.25, 0.3) is 0 Å². The van der Waals surface area contributed by atoms with Gasteiger partial charge in [-0.15, -0.1) is 0 Å². The lowest BCUT2D eigenvalue weighted by Crippen LogP contribution is -1.98. The van der Waals surface area contributed by atoms with Crippen LogP contribution in [0.4, 0.5) is 0 Å². The van der Waals surface area contributed by atoms with Gasteiger partial charge in [0.05, 0.1) is 0 Å². The second kappa shape index (κ2) is 9.09. The summed E-state index contributed by atoms with van der Waals surface area (Å²) in [4.78, 5) is 0. The lowest BCUT2D eigenvalue weighted by Gasteiger charge is -2.13. The Morgan fingerprint density at radius 2 is 1.50 bits per heavy atom. The van der Waals surface area contributed by atoms with E-state index >= 15 is 0 Å². The van der Waals surface area contributed by atoms with Crippen LogP contribution in [0, 0.1) is 19.8 Å². The monoisotopic (exact) mass is 168 g/mol. The fourth-order valence-electron chi connectivity index (χ4n) is 1.60. The zero-order valence-electron chi connectivity index (χ0n) is 8.65. The summed E-state index contributed by atoms with van der Waals surface area (Å²) in [5, 5.41) is 0. The highest BCUT2D eigenvalue weighted by Crippen LogP contribution is 2.19. The Hall–Kier alpha value is 0. The van der Waals surface area contributed by atoms with Gasteiger partial charge in [-0.25, -0.2) is 0 Å². The molecule has 0 aliphatic heterocycles. The Morgan fingerprint density at radius 3 is 2.00 bits per heavy atom. The van der Waals surface area contributed by atoms with E-state index in [4.69, 9.17) is 0 Å². The molecule has 0 aliphatic rings. The Kier molecular flexibility index (Phi) is 9.09. The van der Waals surface area contributed by atoms with Crippen molar-refractivity contribution < 1.29 is 0 Å². The Morgan fingerprint density at radius 1 is 0.917 bits per heavy atom. The summed E-state index contributed by atoms with van der Waals surface area (Å²) in [7, 11) is 0. The molecule has 1 unspecified atom stereocenters. The highest BCUT2D eigenvalue weighted by molar-refractivity contribution is 4.59. The van der Waals surface area contributed by atoms with Crippen LogP contribution >= 0.6 is 0 Å². The molecule has 0 aromatic heterocycles. The summed E-state index contributed by atoms with van der Waals surface area (Å²) in [6, 6.07) is 0. The van der Waals surface area contributed by atoms with Crippen molar-refractivity contribution in [2.24, 2.45) is 5.92 Å². The molecule has 0 rings (SSSR count). The molecule has 0 aliphatic carbocycles. The van der Waals surface area contributed by atoms with Crippen LogP contribution in [0.2, 0.25) is 0 Å². The van der Waals surface area contributed by atoms with Crippen LogP contribution in [0.5, 0.6) is 0 Å². The highest BCUT2D eigenvalue weighted by Gasteiger charge is 2.04. The first-order chi connectivity index (χ1) is 5.85. The average Bonchev–Trinajstić information content (AvgIpc) is 2.11. The second-order valence-electron chi connectivity index (χ2n) is 3.62. The van der Waals surface area contributed by atoms with Gasteiger partial charge in [-0.3, -0.25) is 0 Å². The molecule has 0 heterocycles. The van der Waals surface area contributed by atoms with Gasteiger partial charge in [0.25, 0.3) is 0 Å². The van der Waals surface area contributed by atoms with Gasteiger partial charge < -0.3 is 0 Å². The quantitative estimate of drug-likeness (QED) is 0.471. The first-order valence-corrected chi connectivity index (χ1v) is 5.43. The number of hydrogen-bond acceptors (Lipinski definition) is 0. The summed E-state index contributed by atoms with van der Waals surface area (Å²) >= 11 is 0. The van der Waals surface area contributed by atoms with Gasteiger partial charge in [-0.2, -0.15) is 0 Å². The van der Waals surface area contributed by atoms with E-state index in [-0.39, 0.29) is 0 Å². The van der Waals surface area contributed by atoms with Crippen LogP contribution in [0.1, 0.15) is 58.3 Å². The van der Waals surface area contributed by atoms with E-state index in [1.807, 2.05) is 0 Å². The zero-order chi connectivity index (χ0) is 9.23. The molecular formula is C12H24. The Bertz CT molecular complexity index is 76.1. The summed E-state index contributed by atoms with van der Waals surface area (Å²) in [6.07, 6.45) is 10.3. The normalized spacial score (nSPS) is 13.2. The first kappa shape index (κ1) is 12.0. The topological polar surface area (TPSA) is 0 Å². The van der Waals surface area contributed by atoms with Gasteiger partial charge in [0, 0.05) is 0 Å². The third-order valence-electron chi connectivity index (χ3n) is 2.55. The minimum Gasteiger partial charge on any atom is -0.0651 e. The van der Waals surface area contributed by atoms with Crippen molar-refractivity contribution in [2.45, 2.75) is 58.3 Å². The molecule has 72 valence electrons. The van der Waals surface area contributed by atoms with E-state index in [1.54, 1.807) is 0 Å². The standard InChI is InChI=1S/C12H24/c1-4-7-9-11-12(6-3)10-8-5-2/h12H,1-2,4-11H2,3H3. The molecule has 0 N–H and O–H groups in total. The number of rotatable bonds is 8. The molecule has 0 fully saturated rings. The van der Waals surface area contributed by atoms with Gasteiger partial charge in [0.1, 0.15) is 0 Å². The summed E-state index contributed by atoms with van der Waals surface area (Å²) < 4.78 is 0. The van der Waals surface area contributed by atoms with Crippen molar-refractivity contribution in [1.82, 2.24) is 0 Å². The predicted molar refractivity (Wildman–Crippen MR) is 56.8 cm³/mol. The van der Waals surface area contributed by atoms with Crippen LogP contribution in [-0.4, -0.2) is 0 Å². The molecule has 0 bridgehead atoms. The molecule has 2 radical (unpaired) electrons. The van der Waals surface area contributed by atoms with Gasteiger partial charge in [0.15, 0.2) is 0 Å². The van der Waals surface area contributed by atoms with Gasteiger partial charge >= 0.3 is 0 Å². The van der Waals surface area contributed by atoms with E-state index in [0.717, 1.165) is 18.8 Å². The Balaban J connectivity index is 3.26. The first-order valence-electron chi connectivity index (χ1n) is 5.43. The van der Waals surface area contributed by atoms with E-state index in [1.165, 1.54) is 38.5 Å².